The van der Waals surface area contributed by atoms with Gasteiger partial charge in [0.15, 0.2) is 11.5 Å². The molecule has 0 saturated carbocycles. The number of carbonyl (C=O) groups excluding carboxylic acids is 2. The first kappa shape index (κ1) is 23.4. The normalized spacial score (nSPS) is 16.8. The van der Waals surface area contributed by atoms with Crippen molar-refractivity contribution in [2.24, 2.45) is 0 Å². The van der Waals surface area contributed by atoms with Gasteiger partial charge in [0.25, 0.3) is 0 Å². The molecule has 1 unspecified atom stereocenters. The molecule has 7 nitrogen and oxygen atoms in total. The highest BCUT2D eigenvalue weighted by Crippen LogP contribution is 2.31. The first-order chi connectivity index (χ1) is 15.4. The summed E-state index contributed by atoms with van der Waals surface area (Å²) in [6.45, 7) is 2.09. The van der Waals surface area contributed by atoms with Gasteiger partial charge in [-0.2, -0.15) is 0 Å². The van der Waals surface area contributed by atoms with Crippen LogP contribution in [0.15, 0.2) is 42.5 Å². The lowest BCUT2D eigenvalue weighted by molar-refractivity contribution is -0.161. The average molecular weight is 441 g/mol. The highest BCUT2D eigenvalue weighted by molar-refractivity contribution is 5.83. The number of nitrogen functional groups attached to an aromatic ring is 1. The Morgan fingerprint density at radius 3 is 2.56 bits per heavy atom. The quantitative estimate of drug-likeness (QED) is 0.494. The summed E-state index contributed by atoms with van der Waals surface area (Å²) in [4.78, 5) is 26.7. The van der Waals surface area contributed by atoms with E-state index in [1.807, 2.05) is 36.4 Å². The summed E-state index contributed by atoms with van der Waals surface area (Å²) < 4.78 is 16.7. The largest absolute Gasteiger partial charge is 0.493 e. The van der Waals surface area contributed by atoms with E-state index in [9.17, 15) is 9.59 Å². The number of benzene rings is 2. The highest BCUT2D eigenvalue weighted by atomic mass is 16.5. The van der Waals surface area contributed by atoms with Crippen LogP contribution in [-0.2, 0) is 20.7 Å². The molecule has 2 atom stereocenters. The Bertz CT molecular complexity index is 946. The van der Waals surface area contributed by atoms with Gasteiger partial charge in [-0.1, -0.05) is 18.2 Å². The van der Waals surface area contributed by atoms with E-state index >= 15 is 0 Å². The number of amides is 1. The predicted molar refractivity (Wildman–Crippen MR) is 123 cm³/mol. The second-order valence-corrected chi connectivity index (χ2v) is 8.05. The molecule has 0 aliphatic carbocycles. The second-order valence-electron chi connectivity index (χ2n) is 8.05. The molecule has 1 heterocycles. The summed E-state index contributed by atoms with van der Waals surface area (Å²) in [5, 5.41) is 0. The van der Waals surface area contributed by atoms with Crippen LogP contribution in [0, 0.1) is 0 Å². The fourth-order valence-electron chi connectivity index (χ4n) is 4.16. The maximum Gasteiger partial charge on any atom is 0.329 e. The number of rotatable bonds is 8. The molecular formula is C25H32N2O5. The highest BCUT2D eigenvalue weighted by Gasteiger charge is 2.33. The standard InChI is InChI=1S/C25H32N2O5/c1-17(28)27-14-5-4-9-21(27)25(29)32-22(19-7-6-8-20(26)16-19)12-10-18-11-13-23(30-2)24(15-18)31-3/h6-8,11,13,15-16,21-22H,4-5,9-10,12,14,26H2,1-3H3/t21-,22?/m0/s1. The van der Waals surface area contributed by atoms with Crippen LogP contribution in [0.4, 0.5) is 5.69 Å². The van der Waals surface area contributed by atoms with Gasteiger partial charge in [0.2, 0.25) is 5.91 Å². The molecule has 172 valence electrons. The molecule has 2 N–H and O–H groups in total. The maximum atomic E-state index is 13.1. The number of hydrogen-bond donors (Lipinski definition) is 1. The molecule has 0 bridgehead atoms. The second kappa shape index (κ2) is 10.9. The van der Waals surface area contributed by atoms with Crippen molar-refractivity contribution >= 4 is 17.6 Å². The first-order valence-electron chi connectivity index (χ1n) is 11.0. The molecule has 2 aromatic carbocycles. The summed E-state index contributed by atoms with van der Waals surface area (Å²) in [6, 6.07) is 12.6. The van der Waals surface area contributed by atoms with Crippen LogP contribution in [-0.4, -0.2) is 43.6 Å². The topological polar surface area (TPSA) is 91.1 Å². The van der Waals surface area contributed by atoms with Gasteiger partial charge < -0.3 is 24.8 Å². The number of anilines is 1. The Hall–Kier alpha value is -3.22. The fraction of sp³-hybridized carbons (Fsp3) is 0.440. The number of carbonyl (C=O) groups is 2. The maximum absolute atomic E-state index is 13.1. The Morgan fingerprint density at radius 2 is 1.88 bits per heavy atom. The van der Waals surface area contributed by atoms with Crippen molar-refractivity contribution in [2.75, 3.05) is 26.5 Å². The first-order valence-corrected chi connectivity index (χ1v) is 11.0. The van der Waals surface area contributed by atoms with Gasteiger partial charge in [0.1, 0.15) is 12.1 Å². The van der Waals surface area contributed by atoms with Crippen LogP contribution >= 0.6 is 0 Å². The lowest BCUT2D eigenvalue weighted by Gasteiger charge is -2.34. The molecule has 1 fully saturated rings. The van der Waals surface area contributed by atoms with Crippen LogP contribution in [0.5, 0.6) is 11.5 Å². The number of esters is 1. The number of nitrogens with two attached hydrogens (primary N) is 1. The van der Waals surface area contributed by atoms with Crippen LogP contribution in [0.2, 0.25) is 0 Å². The van der Waals surface area contributed by atoms with Crippen molar-refractivity contribution < 1.29 is 23.8 Å². The van der Waals surface area contributed by atoms with E-state index in [-0.39, 0.29) is 11.9 Å². The lowest BCUT2D eigenvalue weighted by Crippen LogP contribution is -2.48. The summed E-state index contributed by atoms with van der Waals surface area (Å²) in [5.41, 5.74) is 8.47. The number of hydrogen-bond acceptors (Lipinski definition) is 6. The molecule has 1 aliphatic heterocycles. The summed E-state index contributed by atoms with van der Waals surface area (Å²) >= 11 is 0. The van der Waals surface area contributed by atoms with Crippen molar-refractivity contribution in [3.8, 4) is 11.5 Å². The summed E-state index contributed by atoms with van der Waals surface area (Å²) in [6.07, 6.45) is 3.18. The third kappa shape index (κ3) is 5.72. The molecule has 2 aromatic rings. The van der Waals surface area contributed by atoms with E-state index < -0.39 is 12.1 Å². The minimum atomic E-state index is -0.536. The Morgan fingerprint density at radius 1 is 1.09 bits per heavy atom. The van der Waals surface area contributed by atoms with E-state index in [4.69, 9.17) is 19.9 Å². The molecule has 0 spiro atoms. The summed E-state index contributed by atoms with van der Waals surface area (Å²) in [7, 11) is 3.20. The SMILES string of the molecule is COc1ccc(CCC(OC(=O)[C@@H]2CCCCN2C(C)=O)c2cccc(N)c2)cc1OC. The van der Waals surface area contributed by atoms with Gasteiger partial charge >= 0.3 is 5.97 Å². The van der Waals surface area contributed by atoms with Crippen LogP contribution in [0.1, 0.15) is 49.8 Å². The number of ether oxygens (including phenoxy) is 3. The number of aryl methyl sites for hydroxylation is 1. The van der Waals surface area contributed by atoms with E-state index in [0.717, 1.165) is 24.0 Å². The van der Waals surface area contributed by atoms with Gasteiger partial charge in [-0.05, 0) is 67.5 Å². The van der Waals surface area contributed by atoms with Crippen LogP contribution < -0.4 is 15.2 Å². The number of methoxy groups -OCH3 is 2. The lowest BCUT2D eigenvalue weighted by atomic mass is 9.99. The number of piperidine rings is 1. The zero-order valence-corrected chi connectivity index (χ0v) is 19.0. The monoisotopic (exact) mass is 440 g/mol. The van der Waals surface area contributed by atoms with Crippen molar-refractivity contribution in [3.05, 3.63) is 53.6 Å². The Kier molecular flexibility index (Phi) is 7.98. The predicted octanol–water partition coefficient (Wildman–Crippen LogP) is 3.90. The molecule has 1 saturated heterocycles. The third-order valence-corrected chi connectivity index (χ3v) is 5.86. The van der Waals surface area contributed by atoms with Crippen molar-refractivity contribution in [3.63, 3.8) is 0 Å². The van der Waals surface area contributed by atoms with Crippen LogP contribution in [0.25, 0.3) is 0 Å². The molecule has 0 radical (unpaired) electrons. The zero-order chi connectivity index (χ0) is 23.1. The molecule has 0 aromatic heterocycles. The van der Waals surface area contributed by atoms with Crippen molar-refractivity contribution in [2.45, 2.75) is 51.2 Å². The molecule has 32 heavy (non-hydrogen) atoms. The van der Waals surface area contributed by atoms with Crippen molar-refractivity contribution in [1.82, 2.24) is 4.90 Å². The smallest absolute Gasteiger partial charge is 0.329 e. The Labute approximate surface area is 189 Å². The Balaban J connectivity index is 1.78. The molecule has 1 aliphatic rings. The van der Waals surface area contributed by atoms with E-state index in [2.05, 4.69) is 0 Å². The third-order valence-electron chi connectivity index (χ3n) is 5.86. The average Bonchev–Trinajstić information content (AvgIpc) is 2.81. The fourth-order valence-corrected chi connectivity index (χ4v) is 4.16. The molecular weight excluding hydrogens is 408 g/mol. The van der Waals surface area contributed by atoms with Gasteiger partial charge in [0, 0.05) is 19.2 Å². The molecule has 3 rings (SSSR count). The minimum absolute atomic E-state index is 0.0996. The van der Waals surface area contributed by atoms with Gasteiger partial charge in [0.05, 0.1) is 14.2 Å². The van der Waals surface area contributed by atoms with E-state index in [1.165, 1.54) is 6.92 Å². The van der Waals surface area contributed by atoms with Gasteiger partial charge in [-0.3, -0.25) is 4.79 Å². The van der Waals surface area contributed by atoms with E-state index in [1.54, 1.807) is 25.2 Å². The molecule has 7 heteroatoms. The number of nitrogens with zero attached hydrogens (tertiary/aromatic N) is 1. The molecule has 1 amide bonds. The van der Waals surface area contributed by atoms with Gasteiger partial charge in [-0.25, -0.2) is 4.79 Å². The van der Waals surface area contributed by atoms with E-state index in [0.29, 0.717) is 43.0 Å². The van der Waals surface area contributed by atoms with Gasteiger partial charge in [-0.15, -0.1) is 0 Å². The van der Waals surface area contributed by atoms with Crippen LogP contribution in [0.3, 0.4) is 0 Å². The summed E-state index contributed by atoms with van der Waals surface area (Å²) in [5.74, 6) is 0.857. The zero-order valence-electron chi connectivity index (χ0n) is 19.0. The minimum Gasteiger partial charge on any atom is -0.493 e. The van der Waals surface area contributed by atoms with Crippen molar-refractivity contribution in [1.29, 1.82) is 0 Å². The number of likely N-dealkylation sites (tertiary alicyclic amines) is 1.